The maximum Gasteiger partial charge on any atom is -0.00921 e. The number of rotatable bonds is 6. The average molecular weight is 355 g/mol. The number of hydrogen-bond donors (Lipinski definition) is 0. The van der Waals surface area contributed by atoms with Crippen molar-refractivity contribution in [1.82, 2.24) is 0 Å². The summed E-state index contributed by atoms with van der Waals surface area (Å²) in [7, 11) is 0. The van der Waals surface area contributed by atoms with Crippen LogP contribution in [0.25, 0.3) is 0 Å². The minimum atomic E-state index is 0.822. The van der Waals surface area contributed by atoms with Gasteiger partial charge in [-0.15, -0.1) is 0 Å². The third kappa shape index (κ3) is 5.37. The molecule has 0 radical (unpaired) electrons. The molecule has 0 aliphatic heterocycles. The van der Waals surface area contributed by atoms with Gasteiger partial charge in [0.05, 0.1) is 0 Å². The second-order valence-electron chi connectivity index (χ2n) is 9.57. The van der Waals surface area contributed by atoms with Gasteiger partial charge in [0.1, 0.15) is 0 Å². The Kier molecular flexibility index (Phi) is 7.64. The Balaban J connectivity index is 1.46. The summed E-state index contributed by atoms with van der Waals surface area (Å²) in [4.78, 5) is 0. The maximum absolute atomic E-state index is 2.51. The van der Waals surface area contributed by atoms with E-state index in [1.54, 1.807) is 16.7 Å². The Hall–Kier alpha value is -0.780. The molecule has 0 saturated heterocycles. The van der Waals surface area contributed by atoms with Crippen LogP contribution in [0.2, 0.25) is 0 Å². The monoisotopic (exact) mass is 354 g/mol. The van der Waals surface area contributed by atoms with E-state index in [0.29, 0.717) is 0 Å². The van der Waals surface area contributed by atoms with E-state index in [1.165, 1.54) is 83.5 Å². The Morgan fingerprint density at radius 2 is 1.62 bits per heavy atom. The molecular weight excluding hydrogens is 312 g/mol. The van der Waals surface area contributed by atoms with E-state index in [1.807, 2.05) is 0 Å². The van der Waals surface area contributed by atoms with Crippen LogP contribution in [0, 0.1) is 23.7 Å². The summed E-state index contributed by atoms with van der Waals surface area (Å²) in [5.74, 6) is 3.97. The Morgan fingerprint density at radius 3 is 2.19 bits per heavy atom. The molecule has 0 bridgehead atoms. The van der Waals surface area contributed by atoms with E-state index >= 15 is 0 Å². The van der Waals surface area contributed by atoms with Gasteiger partial charge in [0.15, 0.2) is 0 Å². The van der Waals surface area contributed by atoms with Gasteiger partial charge in [-0.05, 0) is 80.6 Å². The van der Waals surface area contributed by atoms with Crippen LogP contribution in [0.3, 0.4) is 0 Å². The summed E-state index contributed by atoms with van der Waals surface area (Å²) >= 11 is 0. The molecule has 3 rings (SSSR count). The van der Waals surface area contributed by atoms with Gasteiger partial charge >= 0.3 is 0 Å². The highest BCUT2D eigenvalue weighted by molar-refractivity contribution is 5.39. The van der Waals surface area contributed by atoms with Crippen LogP contribution in [0.5, 0.6) is 0 Å². The summed E-state index contributed by atoms with van der Waals surface area (Å²) in [5, 5.41) is 0. The Morgan fingerprint density at radius 1 is 0.923 bits per heavy atom. The standard InChI is InChI=1S/C26H42/c1-4-6-21-7-11-23(12-8-21)25-15-17-26(18-16-25)24-13-9-22(10-14-24)19-20(3)5-2/h9-10,13,20-21,23,25H,4-8,11-12,14-19H2,1-3H3. The zero-order chi connectivity index (χ0) is 18.4. The molecule has 0 aromatic rings. The second kappa shape index (κ2) is 9.95. The van der Waals surface area contributed by atoms with Crippen molar-refractivity contribution in [3.05, 3.63) is 34.9 Å². The first kappa shape index (κ1) is 20.0. The van der Waals surface area contributed by atoms with Gasteiger partial charge in [-0.2, -0.15) is 0 Å². The van der Waals surface area contributed by atoms with Crippen LogP contribution in [0.15, 0.2) is 34.9 Å². The van der Waals surface area contributed by atoms with Gasteiger partial charge in [0.2, 0.25) is 0 Å². The molecule has 0 spiro atoms. The molecule has 1 atom stereocenters. The third-order valence-electron chi connectivity index (χ3n) is 7.71. The van der Waals surface area contributed by atoms with E-state index in [4.69, 9.17) is 0 Å². The van der Waals surface area contributed by atoms with Gasteiger partial charge < -0.3 is 0 Å². The fraction of sp³-hybridized carbons (Fsp3) is 0.769. The molecular formula is C26H42. The SMILES string of the molecule is CCCC1CCC(C2CCC(=C3C=CC(CC(C)CC)=CC3)CC2)CC1. The molecule has 0 aromatic carbocycles. The van der Waals surface area contributed by atoms with Crippen LogP contribution in [-0.2, 0) is 0 Å². The molecule has 0 nitrogen and oxygen atoms in total. The Bertz CT molecular complexity index is 514. The summed E-state index contributed by atoms with van der Waals surface area (Å²) in [6.07, 6.45) is 25.8. The lowest BCUT2D eigenvalue weighted by Gasteiger charge is -2.37. The fourth-order valence-electron chi connectivity index (χ4n) is 5.68. The van der Waals surface area contributed by atoms with E-state index in [9.17, 15) is 0 Å². The molecule has 1 unspecified atom stereocenters. The number of allylic oxidation sites excluding steroid dienone is 6. The third-order valence-corrected chi connectivity index (χ3v) is 7.71. The average Bonchev–Trinajstić information content (AvgIpc) is 2.69. The number of hydrogen-bond acceptors (Lipinski definition) is 0. The van der Waals surface area contributed by atoms with Crippen LogP contribution in [0.1, 0.15) is 104 Å². The van der Waals surface area contributed by atoms with Crippen LogP contribution in [-0.4, -0.2) is 0 Å². The zero-order valence-electron chi connectivity index (χ0n) is 17.7. The lowest BCUT2D eigenvalue weighted by molar-refractivity contribution is 0.173. The summed E-state index contributed by atoms with van der Waals surface area (Å²) in [6, 6.07) is 0. The molecule has 3 aliphatic carbocycles. The lowest BCUT2D eigenvalue weighted by atomic mass is 9.69. The molecule has 0 heteroatoms. The van der Waals surface area contributed by atoms with Gasteiger partial charge in [0, 0.05) is 0 Å². The van der Waals surface area contributed by atoms with Gasteiger partial charge in [-0.3, -0.25) is 0 Å². The Labute approximate surface area is 163 Å². The topological polar surface area (TPSA) is 0 Å². The summed E-state index contributed by atoms with van der Waals surface area (Å²) < 4.78 is 0. The summed E-state index contributed by atoms with van der Waals surface area (Å²) in [6.45, 7) is 7.03. The first-order chi connectivity index (χ1) is 12.7. The van der Waals surface area contributed by atoms with Gasteiger partial charge in [-0.25, -0.2) is 0 Å². The predicted molar refractivity (Wildman–Crippen MR) is 115 cm³/mol. The van der Waals surface area contributed by atoms with Gasteiger partial charge in [-0.1, -0.05) is 82.2 Å². The molecule has 146 valence electrons. The quantitative estimate of drug-likeness (QED) is 0.449. The van der Waals surface area contributed by atoms with Crippen molar-refractivity contribution >= 4 is 0 Å². The molecule has 0 heterocycles. The minimum Gasteiger partial charge on any atom is -0.0769 e. The maximum atomic E-state index is 2.51. The highest BCUT2D eigenvalue weighted by Gasteiger charge is 2.29. The second-order valence-corrected chi connectivity index (χ2v) is 9.57. The van der Waals surface area contributed by atoms with Crippen molar-refractivity contribution in [2.75, 3.05) is 0 Å². The molecule has 0 N–H and O–H groups in total. The van der Waals surface area contributed by atoms with Crippen LogP contribution in [0.4, 0.5) is 0 Å². The highest BCUT2D eigenvalue weighted by Crippen LogP contribution is 2.43. The van der Waals surface area contributed by atoms with Crippen LogP contribution >= 0.6 is 0 Å². The van der Waals surface area contributed by atoms with Crippen molar-refractivity contribution in [3.63, 3.8) is 0 Å². The van der Waals surface area contributed by atoms with Crippen LogP contribution < -0.4 is 0 Å². The van der Waals surface area contributed by atoms with Crippen molar-refractivity contribution in [3.8, 4) is 0 Å². The van der Waals surface area contributed by atoms with E-state index in [0.717, 1.165) is 23.7 Å². The molecule has 0 aromatic heterocycles. The smallest absolute Gasteiger partial charge is 0.00921 e. The first-order valence-electron chi connectivity index (χ1n) is 11.8. The molecule has 2 saturated carbocycles. The van der Waals surface area contributed by atoms with E-state index in [-0.39, 0.29) is 0 Å². The zero-order valence-corrected chi connectivity index (χ0v) is 17.7. The lowest BCUT2D eigenvalue weighted by Crippen LogP contribution is -2.24. The molecule has 26 heavy (non-hydrogen) atoms. The largest absolute Gasteiger partial charge is 0.0769 e. The van der Waals surface area contributed by atoms with Crippen molar-refractivity contribution in [1.29, 1.82) is 0 Å². The molecule has 2 fully saturated rings. The summed E-state index contributed by atoms with van der Waals surface area (Å²) in [5.41, 5.74) is 5.01. The normalized spacial score (nSPS) is 31.0. The minimum absolute atomic E-state index is 0.822. The van der Waals surface area contributed by atoms with Crippen molar-refractivity contribution < 1.29 is 0 Å². The van der Waals surface area contributed by atoms with Crippen molar-refractivity contribution in [2.45, 2.75) is 104 Å². The highest BCUT2D eigenvalue weighted by atomic mass is 14.3. The van der Waals surface area contributed by atoms with Crippen molar-refractivity contribution in [2.24, 2.45) is 23.7 Å². The fourth-order valence-corrected chi connectivity index (χ4v) is 5.68. The van der Waals surface area contributed by atoms with E-state index in [2.05, 4.69) is 39.0 Å². The first-order valence-corrected chi connectivity index (χ1v) is 11.8. The van der Waals surface area contributed by atoms with Gasteiger partial charge in [0.25, 0.3) is 0 Å². The molecule has 0 amide bonds. The van der Waals surface area contributed by atoms with E-state index < -0.39 is 0 Å². The predicted octanol–water partition coefficient (Wildman–Crippen LogP) is 8.40. The molecule has 3 aliphatic rings.